The second-order valence-electron chi connectivity index (χ2n) is 14.2. The van der Waals surface area contributed by atoms with Crippen LogP contribution in [0, 0.1) is 24.7 Å². The summed E-state index contributed by atoms with van der Waals surface area (Å²) < 4.78 is 23.2. The summed E-state index contributed by atoms with van der Waals surface area (Å²) in [7, 11) is 3.01. The van der Waals surface area contributed by atoms with Crippen LogP contribution in [0.5, 0.6) is 23.5 Å². The van der Waals surface area contributed by atoms with Gasteiger partial charge in [-0.2, -0.15) is 9.97 Å². The molecule has 0 saturated heterocycles. The summed E-state index contributed by atoms with van der Waals surface area (Å²) in [6.45, 7) is 12.2. The maximum atomic E-state index is 11.5. The van der Waals surface area contributed by atoms with Crippen molar-refractivity contribution in [2.75, 3.05) is 27.3 Å². The lowest BCUT2D eigenvalue weighted by molar-refractivity contribution is -0.147. The Morgan fingerprint density at radius 1 is 0.648 bits per heavy atom. The number of pyridine rings is 2. The molecule has 0 unspecified atom stereocenters. The molecular formula is C40H48Cl2N4O8. The zero-order valence-corrected chi connectivity index (χ0v) is 33.4. The fraction of sp³-hybridized carbons (Fsp3) is 0.400. The molecule has 0 atom stereocenters. The van der Waals surface area contributed by atoms with Gasteiger partial charge in [0, 0.05) is 37.3 Å². The van der Waals surface area contributed by atoms with Crippen LogP contribution < -0.4 is 29.6 Å². The van der Waals surface area contributed by atoms with Crippen LogP contribution >= 0.6 is 23.2 Å². The van der Waals surface area contributed by atoms with Crippen LogP contribution in [0.15, 0.2) is 48.5 Å². The van der Waals surface area contributed by atoms with Crippen molar-refractivity contribution in [1.29, 1.82) is 0 Å². The Hall–Kier alpha value is -4.62. The first-order valence-corrected chi connectivity index (χ1v) is 18.0. The monoisotopic (exact) mass is 782 g/mol. The lowest BCUT2D eigenvalue weighted by Gasteiger charge is -2.20. The van der Waals surface area contributed by atoms with E-state index in [1.54, 1.807) is 39.8 Å². The van der Waals surface area contributed by atoms with Gasteiger partial charge in [-0.3, -0.25) is 9.59 Å². The molecule has 2 heterocycles. The van der Waals surface area contributed by atoms with Crippen molar-refractivity contribution in [2.24, 2.45) is 10.8 Å². The number of halogens is 2. The predicted octanol–water partition coefficient (Wildman–Crippen LogP) is 7.64. The molecule has 2 aromatic carbocycles. The van der Waals surface area contributed by atoms with Crippen LogP contribution in [0.3, 0.4) is 0 Å². The third-order valence-corrected chi connectivity index (χ3v) is 9.73. The fourth-order valence-electron chi connectivity index (χ4n) is 5.52. The summed E-state index contributed by atoms with van der Waals surface area (Å²) in [5.74, 6) is -0.692. The highest BCUT2D eigenvalue weighted by atomic mass is 35.5. The van der Waals surface area contributed by atoms with Crippen molar-refractivity contribution in [3.63, 3.8) is 0 Å². The first-order valence-electron chi connectivity index (χ1n) is 17.3. The normalized spacial score (nSPS) is 11.7. The number of carboxylic acid groups (broad SMARTS) is 2. The number of nitrogens with one attached hydrogen (secondary N) is 2. The highest BCUT2D eigenvalue weighted by Crippen LogP contribution is 2.34. The van der Waals surface area contributed by atoms with Crippen molar-refractivity contribution >= 4 is 35.1 Å². The van der Waals surface area contributed by atoms with Gasteiger partial charge < -0.3 is 39.8 Å². The molecular weight excluding hydrogens is 735 g/mol. The molecule has 4 aromatic rings. The third kappa shape index (κ3) is 10.3. The lowest BCUT2D eigenvalue weighted by atomic mass is 9.92. The van der Waals surface area contributed by atoms with Gasteiger partial charge in [-0.1, -0.05) is 59.6 Å². The third-order valence-electron chi connectivity index (χ3n) is 9.19. The first kappa shape index (κ1) is 42.1. The standard InChI is InChI=1S/C40H48Cl2N4O8/c1-23-25(19-53-35-31(41)15-27(33(45-35)51-7)17-43-21-39(3,4)37(47)48)11-9-13-29(23)30-14-10-12-26(24(30)2)20-54-36-32(42)16-28(34(46-36)52-8)18-44-22-40(5,6)38(49)50/h9-16,43-44H,17-22H2,1-8H3,(H,47,48)(H,49,50). The largest absolute Gasteiger partial charge is 0.481 e. The van der Waals surface area contributed by atoms with E-state index in [-0.39, 0.29) is 38.1 Å². The number of aliphatic carboxylic acids is 2. The topological polar surface area (TPSA) is 161 Å². The van der Waals surface area contributed by atoms with E-state index in [0.717, 1.165) is 33.4 Å². The van der Waals surface area contributed by atoms with Gasteiger partial charge in [-0.15, -0.1) is 0 Å². The summed E-state index contributed by atoms with van der Waals surface area (Å²) >= 11 is 13.2. The van der Waals surface area contributed by atoms with Gasteiger partial charge in [0.25, 0.3) is 0 Å². The minimum atomic E-state index is -0.939. The molecule has 290 valence electrons. The van der Waals surface area contributed by atoms with E-state index in [1.807, 2.05) is 38.1 Å². The Morgan fingerprint density at radius 3 is 1.35 bits per heavy atom. The van der Waals surface area contributed by atoms with Crippen LogP contribution in [0.4, 0.5) is 0 Å². The summed E-state index contributed by atoms with van der Waals surface area (Å²) in [6.07, 6.45) is 0. The minimum Gasteiger partial charge on any atom is -0.481 e. The average molecular weight is 784 g/mol. The van der Waals surface area contributed by atoms with Crippen molar-refractivity contribution in [3.05, 3.63) is 92.0 Å². The van der Waals surface area contributed by atoms with Crippen LogP contribution in [0.25, 0.3) is 11.1 Å². The lowest BCUT2D eigenvalue weighted by Crippen LogP contribution is -2.35. The zero-order valence-electron chi connectivity index (χ0n) is 31.9. The molecule has 54 heavy (non-hydrogen) atoms. The SMILES string of the molecule is COc1nc(OCc2cccc(-c3cccc(COc4nc(OC)c(CNCC(C)(C)C(=O)O)cc4Cl)c3C)c2C)c(Cl)cc1CNCC(C)(C)C(=O)O. The molecule has 0 spiro atoms. The number of carboxylic acids is 2. The van der Waals surface area contributed by atoms with Crippen molar-refractivity contribution in [2.45, 2.75) is 67.8 Å². The Morgan fingerprint density at radius 2 is 1.02 bits per heavy atom. The van der Waals surface area contributed by atoms with Crippen molar-refractivity contribution in [3.8, 4) is 34.6 Å². The van der Waals surface area contributed by atoms with E-state index in [1.165, 1.54) is 14.2 Å². The summed E-state index contributed by atoms with van der Waals surface area (Å²) in [5, 5.41) is 25.7. The van der Waals surface area contributed by atoms with Crippen LogP contribution in [0.2, 0.25) is 10.0 Å². The Kier molecular flexibility index (Phi) is 14.2. The van der Waals surface area contributed by atoms with E-state index in [4.69, 9.17) is 42.1 Å². The highest BCUT2D eigenvalue weighted by Gasteiger charge is 2.28. The molecule has 4 N–H and O–H groups in total. The van der Waals surface area contributed by atoms with E-state index in [0.29, 0.717) is 46.0 Å². The number of hydrogen-bond acceptors (Lipinski definition) is 10. The second kappa shape index (κ2) is 18.1. The molecule has 0 radical (unpaired) electrons. The van der Waals surface area contributed by atoms with E-state index in [2.05, 4.69) is 32.7 Å². The van der Waals surface area contributed by atoms with Crippen LogP contribution in [0.1, 0.15) is 61.1 Å². The van der Waals surface area contributed by atoms with Gasteiger partial charge >= 0.3 is 11.9 Å². The number of nitrogens with zero attached hydrogens (tertiary/aromatic N) is 2. The number of hydrogen-bond donors (Lipinski definition) is 4. The Labute approximate surface area is 326 Å². The number of benzene rings is 2. The number of rotatable bonds is 19. The van der Waals surface area contributed by atoms with E-state index in [9.17, 15) is 19.8 Å². The zero-order chi connectivity index (χ0) is 39.8. The molecule has 0 aliphatic heterocycles. The van der Waals surface area contributed by atoms with Crippen LogP contribution in [-0.4, -0.2) is 59.4 Å². The number of aromatic nitrogens is 2. The Balaban J connectivity index is 1.46. The molecule has 4 rings (SSSR count). The van der Waals surface area contributed by atoms with Gasteiger partial charge in [-0.05, 0) is 87.1 Å². The Bertz CT molecular complexity index is 1850. The average Bonchev–Trinajstić information content (AvgIpc) is 3.11. The fourth-order valence-corrected chi connectivity index (χ4v) is 5.98. The highest BCUT2D eigenvalue weighted by molar-refractivity contribution is 6.32. The number of methoxy groups -OCH3 is 2. The van der Waals surface area contributed by atoms with Gasteiger partial charge in [0.1, 0.15) is 23.3 Å². The summed E-state index contributed by atoms with van der Waals surface area (Å²) in [6, 6.07) is 15.5. The maximum Gasteiger partial charge on any atom is 0.310 e. The molecule has 12 nitrogen and oxygen atoms in total. The van der Waals surface area contributed by atoms with Crippen LogP contribution in [-0.2, 0) is 35.9 Å². The van der Waals surface area contributed by atoms with E-state index < -0.39 is 22.8 Å². The summed E-state index contributed by atoms with van der Waals surface area (Å²) in [5.41, 5.74) is 5.45. The molecule has 0 aliphatic rings. The smallest absolute Gasteiger partial charge is 0.310 e. The molecule has 0 aliphatic carbocycles. The molecule has 14 heteroatoms. The maximum absolute atomic E-state index is 11.5. The van der Waals surface area contributed by atoms with Crippen molar-refractivity contribution < 1.29 is 38.7 Å². The molecule has 2 aromatic heterocycles. The minimum absolute atomic E-state index is 0.205. The van der Waals surface area contributed by atoms with Gasteiger partial charge in [0.15, 0.2) is 0 Å². The number of carbonyl (C=O) groups is 2. The van der Waals surface area contributed by atoms with Gasteiger partial charge in [-0.25, -0.2) is 0 Å². The molecule has 0 amide bonds. The summed E-state index contributed by atoms with van der Waals surface area (Å²) in [4.78, 5) is 31.9. The quantitative estimate of drug-likeness (QED) is 0.0737. The molecule has 0 fully saturated rings. The van der Waals surface area contributed by atoms with Gasteiger partial charge in [0.2, 0.25) is 23.5 Å². The van der Waals surface area contributed by atoms with Gasteiger partial charge in [0.05, 0.1) is 25.0 Å². The van der Waals surface area contributed by atoms with E-state index >= 15 is 0 Å². The second-order valence-corrected chi connectivity index (χ2v) is 15.0. The number of ether oxygens (including phenoxy) is 4. The predicted molar refractivity (Wildman–Crippen MR) is 208 cm³/mol. The van der Waals surface area contributed by atoms with Crippen molar-refractivity contribution in [1.82, 2.24) is 20.6 Å². The first-order chi connectivity index (χ1) is 25.5. The molecule has 0 bridgehead atoms. The molecule has 0 saturated carbocycles.